The van der Waals surface area contributed by atoms with Gasteiger partial charge in [-0.2, -0.15) is 0 Å². The minimum atomic E-state index is -0.0865. The first-order chi connectivity index (χ1) is 12.0. The summed E-state index contributed by atoms with van der Waals surface area (Å²) in [6, 6.07) is 9.96. The minimum Gasteiger partial charge on any atom is -0.496 e. The van der Waals surface area contributed by atoms with Crippen LogP contribution in [-0.4, -0.2) is 20.5 Å². The molecular weight excluding hydrogens is 324 g/mol. The fraction of sp³-hybridized carbons (Fsp3) is 0.435. The second kappa shape index (κ2) is 7.14. The first-order valence-electron chi connectivity index (χ1n) is 8.90. The lowest BCUT2D eigenvalue weighted by atomic mass is 9.77. The number of hydrogen-bond acceptors (Lipinski definition) is 3. The zero-order chi connectivity index (χ0) is 19.7. The molecule has 3 heteroatoms. The lowest BCUT2D eigenvalue weighted by Crippen LogP contribution is -2.19. The number of ether oxygens (including phenoxy) is 2. The second-order valence-corrected chi connectivity index (χ2v) is 8.65. The van der Waals surface area contributed by atoms with Gasteiger partial charge in [-0.15, -0.1) is 0 Å². The Balaban J connectivity index is 2.90. The van der Waals surface area contributed by atoms with Gasteiger partial charge in [0.25, 0.3) is 0 Å². The Labute approximate surface area is 157 Å². The van der Waals surface area contributed by atoms with Crippen molar-refractivity contribution >= 4 is 6.29 Å². The predicted molar refractivity (Wildman–Crippen MR) is 108 cm³/mol. The van der Waals surface area contributed by atoms with E-state index in [2.05, 4.69) is 53.7 Å². The van der Waals surface area contributed by atoms with Crippen LogP contribution in [0.1, 0.15) is 63.0 Å². The Morgan fingerprint density at radius 2 is 1.31 bits per heavy atom. The monoisotopic (exact) mass is 354 g/mol. The molecule has 0 radical (unpaired) electrons. The second-order valence-electron chi connectivity index (χ2n) is 8.65. The zero-order valence-corrected chi connectivity index (χ0v) is 17.2. The summed E-state index contributed by atoms with van der Waals surface area (Å²) >= 11 is 0. The molecule has 0 saturated carbocycles. The molecule has 0 amide bonds. The molecule has 0 fully saturated rings. The Morgan fingerprint density at radius 1 is 0.808 bits per heavy atom. The van der Waals surface area contributed by atoms with Gasteiger partial charge in [0.1, 0.15) is 11.5 Å². The molecule has 0 atom stereocenters. The number of rotatable bonds is 4. The van der Waals surface area contributed by atoms with E-state index in [9.17, 15) is 4.79 Å². The van der Waals surface area contributed by atoms with Gasteiger partial charge in [0.05, 0.1) is 19.8 Å². The number of hydrogen-bond donors (Lipinski definition) is 0. The molecule has 0 aromatic heterocycles. The van der Waals surface area contributed by atoms with E-state index < -0.39 is 0 Å². The van der Waals surface area contributed by atoms with Gasteiger partial charge in [-0.1, -0.05) is 53.7 Å². The molecule has 2 aromatic carbocycles. The van der Waals surface area contributed by atoms with Crippen molar-refractivity contribution in [3.05, 3.63) is 47.0 Å². The number of para-hydroxylation sites is 1. The molecule has 0 N–H and O–H groups in total. The molecule has 2 aromatic rings. The standard InChI is InChI=1S/C23H30O3/c1-22(2,3)18-12-16(13-19(21(18)26-8)23(4,5)6)17-11-9-10-15(14-24)20(17)25-7/h9-14H,1-8H3. The Hall–Kier alpha value is -2.29. The van der Waals surface area contributed by atoms with Crippen molar-refractivity contribution in [2.75, 3.05) is 14.2 Å². The normalized spacial score (nSPS) is 12.0. The molecule has 3 nitrogen and oxygen atoms in total. The Bertz CT molecular complexity index is 770. The quantitative estimate of drug-likeness (QED) is 0.653. The largest absolute Gasteiger partial charge is 0.496 e. The number of aldehydes is 1. The summed E-state index contributed by atoms with van der Waals surface area (Å²) in [5.41, 5.74) is 4.60. The zero-order valence-electron chi connectivity index (χ0n) is 17.2. The number of carbonyl (C=O) groups is 1. The fourth-order valence-electron chi connectivity index (χ4n) is 3.22. The van der Waals surface area contributed by atoms with Crippen LogP contribution in [0.3, 0.4) is 0 Å². The van der Waals surface area contributed by atoms with Crippen LogP contribution in [0, 0.1) is 0 Å². The van der Waals surface area contributed by atoms with Crippen molar-refractivity contribution in [2.24, 2.45) is 0 Å². The SMILES string of the molecule is COc1c(C=O)cccc1-c1cc(C(C)(C)C)c(OC)c(C(C)(C)C)c1. The smallest absolute Gasteiger partial charge is 0.153 e. The topological polar surface area (TPSA) is 35.5 Å². The molecule has 0 aliphatic heterocycles. The summed E-state index contributed by atoms with van der Waals surface area (Å²) < 4.78 is 11.4. The van der Waals surface area contributed by atoms with E-state index >= 15 is 0 Å². The molecule has 0 aliphatic carbocycles. The van der Waals surface area contributed by atoms with Gasteiger partial charge in [-0.3, -0.25) is 4.79 Å². The van der Waals surface area contributed by atoms with Crippen molar-refractivity contribution in [1.82, 2.24) is 0 Å². The molecule has 26 heavy (non-hydrogen) atoms. The van der Waals surface area contributed by atoms with Crippen LogP contribution in [0.15, 0.2) is 30.3 Å². The first-order valence-corrected chi connectivity index (χ1v) is 8.90. The van der Waals surface area contributed by atoms with E-state index in [1.807, 2.05) is 12.1 Å². The summed E-state index contributed by atoms with van der Waals surface area (Å²) in [6.07, 6.45) is 0.835. The van der Waals surface area contributed by atoms with Gasteiger partial charge in [-0.05, 0) is 34.6 Å². The highest BCUT2D eigenvalue weighted by molar-refractivity contribution is 5.86. The van der Waals surface area contributed by atoms with Crippen LogP contribution in [0.2, 0.25) is 0 Å². The van der Waals surface area contributed by atoms with E-state index in [4.69, 9.17) is 9.47 Å². The highest BCUT2D eigenvalue weighted by atomic mass is 16.5. The van der Waals surface area contributed by atoms with Gasteiger partial charge in [-0.25, -0.2) is 0 Å². The van der Waals surface area contributed by atoms with E-state index in [1.54, 1.807) is 20.3 Å². The molecule has 2 rings (SSSR count). The molecule has 0 aliphatic rings. The highest BCUT2D eigenvalue weighted by Gasteiger charge is 2.28. The van der Waals surface area contributed by atoms with Gasteiger partial charge < -0.3 is 9.47 Å². The molecule has 0 spiro atoms. The average Bonchev–Trinajstić information content (AvgIpc) is 2.58. The minimum absolute atomic E-state index is 0.0865. The van der Waals surface area contributed by atoms with Crippen molar-refractivity contribution < 1.29 is 14.3 Å². The summed E-state index contributed by atoms with van der Waals surface area (Å²) in [7, 11) is 3.33. The van der Waals surface area contributed by atoms with E-state index in [-0.39, 0.29) is 10.8 Å². The van der Waals surface area contributed by atoms with Crippen molar-refractivity contribution in [1.29, 1.82) is 0 Å². The van der Waals surface area contributed by atoms with Crippen molar-refractivity contribution in [3.8, 4) is 22.6 Å². The summed E-state index contributed by atoms with van der Waals surface area (Å²) in [6.45, 7) is 13.1. The van der Waals surface area contributed by atoms with Crippen LogP contribution < -0.4 is 9.47 Å². The van der Waals surface area contributed by atoms with Crippen molar-refractivity contribution in [3.63, 3.8) is 0 Å². The van der Waals surface area contributed by atoms with Crippen LogP contribution in [-0.2, 0) is 10.8 Å². The van der Waals surface area contributed by atoms with E-state index in [0.717, 1.165) is 34.3 Å². The number of methoxy groups -OCH3 is 2. The Morgan fingerprint density at radius 3 is 1.69 bits per heavy atom. The lowest BCUT2D eigenvalue weighted by Gasteiger charge is -2.30. The van der Waals surface area contributed by atoms with Crippen LogP contribution in [0.5, 0.6) is 11.5 Å². The van der Waals surface area contributed by atoms with Gasteiger partial charge in [0.2, 0.25) is 0 Å². The van der Waals surface area contributed by atoms with Crippen LogP contribution >= 0.6 is 0 Å². The average molecular weight is 354 g/mol. The van der Waals surface area contributed by atoms with Crippen LogP contribution in [0.25, 0.3) is 11.1 Å². The molecule has 0 saturated heterocycles. The van der Waals surface area contributed by atoms with Gasteiger partial charge in [0, 0.05) is 16.7 Å². The summed E-state index contributed by atoms with van der Waals surface area (Å²) in [5, 5.41) is 0. The molecule has 140 valence electrons. The Kier molecular flexibility index (Phi) is 5.50. The number of carbonyl (C=O) groups excluding carboxylic acids is 1. The lowest BCUT2D eigenvalue weighted by molar-refractivity contribution is 0.112. The molecule has 0 bridgehead atoms. The maximum Gasteiger partial charge on any atom is 0.153 e. The highest BCUT2D eigenvalue weighted by Crippen LogP contribution is 2.44. The third-order valence-electron chi connectivity index (χ3n) is 4.60. The first kappa shape index (κ1) is 20.0. The van der Waals surface area contributed by atoms with Gasteiger partial charge in [0.15, 0.2) is 6.29 Å². The molecular formula is C23H30O3. The third-order valence-corrected chi connectivity index (χ3v) is 4.60. The van der Waals surface area contributed by atoms with Crippen LogP contribution in [0.4, 0.5) is 0 Å². The maximum atomic E-state index is 11.4. The number of benzene rings is 2. The molecule has 0 heterocycles. The van der Waals surface area contributed by atoms with Gasteiger partial charge >= 0.3 is 0 Å². The molecule has 0 unspecified atom stereocenters. The summed E-state index contributed by atoms with van der Waals surface area (Å²) in [4.78, 5) is 11.4. The van der Waals surface area contributed by atoms with E-state index in [1.165, 1.54) is 0 Å². The summed E-state index contributed by atoms with van der Waals surface area (Å²) in [5.74, 6) is 1.53. The van der Waals surface area contributed by atoms with E-state index in [0.29, 0.717) is 11.3 Å². The third kappa shape index (κ3) is 3.77. The maximum absolute atomic E-state index is 11.4. The predicted octanol–water partition coefficient (Wildman–Crippen LogP) is 5.78. The van der Waals surface area contributed by atoms with Crippen molar-refractivity contribution in [2.45, 2.75) is 52.4 Å². The fourth-order valence-corrected chi connectivity index (χ4v) is 3.22.